The van der Waals surface area contributed by atoms with Gasteiger partial charge >= 0.3 is 0 Å². The fourth-order valence-corrected chi connectivity index (χ4v) is 2.14. The van der Waals surface area contributed by atoms with Gasteiger partial charge in [0.2, 0.25) is 5.91 Å². The van der Waals surface area contributed by atoms with Crippen LogP contribution in [0.15, 0.2) is 46.9 Å². The van der Waals surface area contributed by atoms with Gasteiger partial charge in [0.15, 0.2) is 0 Å². The first kappa shape index (κ1) is 15.2. The van der Waals surface area contributed by atoms with Crippen LogP contribution in [0.4, 0.5) is 11.4 Å². The summed E-state index contributed by atoms with van der Waals surface area (Å²) < 4.78 is 0.945. The maximum absolute atomic E-state index is 11.9. The highest BCUT2D eigenvalue weighted by atomic mass is 79.9. The second kappa shape index (κ2) is 6.49. The number of anilines is 1. The summed E-state index contributed by atoms with van der Waals surface area (Å²) in [4.78, 5) is 22.4. The quantitative estimate of drug-likeness (QED) is 0.673. The van der Waals surface area contributed by atoms with E-state index in [-0.39, 0.29) is 18.0 Å². The summed E-state index contributed by atoms with van der Waals surface area (Å²) in [5.74, 6) is -0.213. The molecule has 1 N–H and O–H groups in total. The minimum absolute atomic E-state index is 0.00329. The van der Waals surface area contributed by atoms with Gasteiger partial charge in [-0.3, -0.25) is 14.9 Å². The molecule has 0 saturated carbocycles. The van der Waals surface area contributed by atoms with Crippen LogP contribution in [0, 0.1) is 17.0 Å². The SMILES string of the molecule is Cc1ccc(NC(=O)Cc2ccc(Br)cc2)cc1[N+](=O)[O-]. The van der Waals surface area contributed by atoms with Crippen LogP contribution in [-0.4, -0.2) is 10.8 Å². The van der Waals surface area contributed by atoms with Gasteiger partial charge in [0.1, 0.15) is 0 Å². The Bertz CT molecular complexity index is 684. The zero-order valence-electron chi connectivity index (χ0n) is 11.3. The number of hydrogen-bond acceptors (Lipinski definition) is 3. The number of benzene rings is 2. The molecule has 0 aliphatic carbocycles. The van der Waals surface area contributed by atoms with Crippen molar-refractivity contribution in [1.82, 2.24) is 0 Å². The van der Waals surface area contributed by atoms with Crippen LogP contribution in [-0.2, 0) is 11.2 Å². The first-order valence-corrected chi connectivity index (χ1v) is 7.04. The van der Waals surface area contributed by atoms with Gasteiger partial charge in [-0.2, -0.15) is 0 Å². The van der Waals surface area contributed by atoms with Crippen LogP contribution < -0.4 is 5.32 Å². The molecule has 5 nitrogen and oxygen atoms in total. The maximum Gasteiger partial charge on any atom is 0.274 e. The molecule has 0 unspecified atom stereocenters. The van der Waals surface area contributed by atoms with E-state index in [1.165, 1.54) is 6.07 Å². The molecular formula is C15H13BrN2O3. The number of nitrogens with zero attached hydrogens (tertiary/aromatic N) is 1. The molecule has 108 valence electrons. The number of nitro benzene ring substituents is 1. The van der Waals surface area contributed by atoms with Crippen molar-refractivity contribution in [3.8, 4) is 0 Å². The first-order valence-electron chi connectivity index (χ1n) is 6.25. The Balaban J connectivity index is 2.07. The molecule has 0 bridgehead atoms. The summed E-state index contributed by atoms with van der Waals surface area (Å²) in [5, 5.41) is 13.5. The number of aryl methyl sites for hydroxylation is 1. The van der Waals surface area contributed by atoms with E-state index in [0.717, 1.165) is 10.0 Å². The number of nitrogens with one attached hydrogen (secondary N) is 1. The Morgan fingerprint density at radius 2 is 1.90 bits per heavy atom. The highest BCUT2D eigenvalue weighted by molar-refractivity contribution is 9.10. The fraction of sp³-hybridized carbons (Fsp3) is 0.133. The van der Waals surface area contributed by atoms with Crippen LogP contribution in [0.1, 0.15) is 11.1 Å². The van der Waals surface area contributed by atoms with Gasteiger partial charge in [-0.25, -0.2) is 0 Å². The third kappa shape index (κ3) is 4.13. The molecule has 6 heteroatoms. The number of amides is 1. The van der Waals surface area contributed by atoms with Crippen LogP contribution in [0.2, 0.25) is 0 Å². The number of carbonyl (C=O) groups is 1. The van der Waals surface area contributed by atoms with Crippen molar-refractivity contribution in [2.24, 2.45) is 0 Å². The Morgan fingerprint density at radius 1 is 1.24 bits per heavy atom. The molecule has 0 aromatic heterocycles. The monoisotopic (exact) mass is 348 g/mol. The maximum atomic E-state index is 11.9. The van der Waals surface area contributed by atoms with Crippen molar-refractivity contribution in [3.05, 3.63) is 68.2 Å². The van der Waals surface area contributed by atoms with Crippen LogP contribution in [0.25, 0.3) is 0 Å². The van der Waals surface area contributed by atoms with E-state index in [4.69, 9.17) is 0 Å². The number of halogens is 1. The second-order valence-corrected chi connectivity index (χ2v) is 5.53. The van der Waals surface area contributed by atoms with E-state index in [0.29, 0.717) is 11.3 Å². The summed E-state index contributed by atoms with van der Waals surface area (Å²) >= 11 is 3.33. The third-order valence-corrected chi connectivity index (χ3v) is 3.50. The molecule has 0 fully saturated rings. The van der Waals surface area contributed by atoms with Gasteiger partial charge in [-0.15, -0.1) is 0 Å². The summed E-state index contributed by atoms with van der Waals surface area (Å²) in [5.41, 5.74) is 1.86. The molecular weight excluding hydrogens is 336 g/mol. The highest BCUT2D eigenvalue weighted by Crippen LogP contribution is 2.22. The van der Waals surface area contributed by atoms with Crippen LogP contribution in [0.5, 0.6) is 0 Å². The number of carbonyl (C=O) groups excluding carboxylic acids is 1. The first-order chi connectivity index (χ1) is 9.95. The third-order valence-electron chi connectivity index (χ3n) is 2.97. The number of hydrogen-bond donors (Lipinski definition) is 1. The van der Waals surface area contributed by atoms with Gasteiger partial charge in [-0.05, 0) is 30.7 Å². The van der Waals surface area contributed by atoms with Crippen molar-refractivity contribution in [1.29, 1.82) is 0 Å². The normalized spacial score (nSPS) is 10.2. The predicted molar refractivity (Wildman–Crippen MR) is 84.3 cm³/mol. The largest absolute Gasteiger partial charge is 0.326 e. The summed E-state index contributed by atoms with van der Waals surface area (Å²) in [6.45, 7) is 1.66. The molecule has 21 heavy (non-hydrogen) atoms. The predicted octanol–water partition coefficient (Wildman–Crippen LogP) is 3.85. The fourth-order valence-electron chi connectivity index (χ4n) is 1.88. The van der Waals surface area contributed by atoms with Crippen LogP contribution >= 0.6 is 15.9 Å². The van der Waals surface area contributed by atoms with Gasteiger partial charge in [0.05, 0.1) is 11.3 Å². The van der Waals surface area contributed by atoms with E-state index in [1.54, 1.807) is 19.1 Å². The zero-order chi connectivity index (χ0) is 15.4. The lowest BCUT2D eigenvalue weighted by Crippen LogP contribution is -2.14. The Labute approximate surface area is 130 Å². The molecule has 0 spiro atoms. The van der Waals surface area contributed by atoms with Crippen molar-refractivity contribution in [2.75, 3.05) is 5.32 Å². The lowest BCUT2D eigenvalue weighted by atomic mass is 10.1. The summed E-state index contributed by atoms with van der Waals surface area (Å²) in [6, 6.07) is 12.1. The second-order valence-electron chi connectivity index (χ2n) is 4.61. The van der Waals surface area contributed by atoms with E-state index in [9.17, 15) is 14.9 Å². The van der Waals surface area contributed by atoms with E-state index in [1.807, 2.05) is 24.3 Å². The average molecular weight is 349 g/mol. The molecule has 2 aromatic carbocycles. The smallest absolute Gasteiger partial charge is 0.274 e. The summed E-state index contributed by atoms with van der Waals surface area (Å²) in [6.07, 6.45) is 0.217. The van der Waals surface area contributed by atoms with Crippen molar-refractivity contribution in [3.63, 3.8) is 0 Å². The topological polar surface area (TPSA) is 72.2 Å². The molecule has 0 atom stereocenters. The Morgan fingerprint density at radius 3 is 2.52 bits per heavy atom. The van der Waals surface area contributed by atoms with Crippen molar-refractivity contribution in [2.45, 2.75) is 13.3 Å². The van der Waals surface area contributed by atoms with Crippen LogP contribution in [0.3, 0.4) is 0 Å². The molecule has 1 amide bonds. The number of nitro groups is 1. The van der Waals surface area contributed by atoms with Gasteiger partial charge in [0, 0.05) is 21.8 Å². The lowest BCUT2D eigenvalue weighted by molar-refractivity contribution is -0.385. The Kier molecular flexibility index (Phi) is 4.70. The summed E-state index contributed by atoms with van der Waals surface area (Å²) in [7, 11) is 0. The molecule has 0 radical (unpaired) electrons. The van der Waals surface area contributed by atoms with Crippen molar-refractivity contribution < 1.29 is 9.72 Å². The Hall–Kier alpha value is -2.21. The number of rotatable bonds is 4. The standard InChI is InChI=1S/C15H13BrN2O3/c1-10-2-7-13(9-14(10)18(20)21)17-15(19)8-11-3-5-12(16)6-4-11/h2-7,9H,8H2,1H3,(H,17,19). The molecule has 0 heterocycles. The molecule has 2 aromatic rings. The zero-order valence-corrected chi connectivity index (χ0v) is 12.9. The minimum Gasteiger partial charge on any atom is -0.326 e. The molecule has 0 saturated heterocycles. The molecule has 0 aliphatic heterocycles. The van der Waals surface area contributed by atoms with Gasteiger partial charge in [0.25, 0.3) is 5.69 Å². The van der Waals surface area contributed by atoms with Crippen molar-refractivity contribution >= 4 is 33.2 Å². The van der Waals surface area contributed by atoms with E-state index in [2.05, 4.69) is 21.2 Å². The molecule has 2 rings (SSSR count). The minimum atomic E-state index is -0.459. The highest BCUT2D eigenvalue weighted by Gasteiger charge is 2.12. The van der Waals surface area contributed by atoms with Gasteiger partial charge in [-0.1, -0.05) is 34.1 Å². The van der Waals surface area contributed by atoms with E-state index >= 15 is 0 Å². The molecule has 0 aliphatic rings. The van der Waals surface area contributed by atoms with Gasteiger partial charge < -0.3 is 5.32 Å². The lowest BCUT2D eigenvalue weighted by Gasteiger charge is -2.06. The average Bonchev–Trinajstić information content (AvgIpc) is 2.43. The van der Waals surface area contributed by atoms with E-state index < -0.39 is 4.92 Å².